The predicted octanol–water partition coefficient (Wildman–Crippen LogP) is -1.40. The number of nitrogens with one attached hydrogen (secondary N) is 3. The molecule has 0 aliphatic carbocycles. The fraction of sp³-hybridized carbons (Fsp3) is 0.429. The zero-order valence-corrected chi connectivity index (χ0v) is 7.75. The maximum atomic E-state index is 11.3. The van der Waals surface area contributed by atoms with E-state index in [1.54, 1.807) is 13.8 Å². The van der Waals surface area contributed by atoms with Crippen LogP contribution in [0.15, 0.2) is 9.59 Å². The summed E-state index contributed by atoms with van der Waals surface area (Å²) in [5, 5.41) is 7.79. The Morgan fingerprint density at radius 2 is 2.07 bits per heavy atom. The molecule has 1 heterocycles. The van der Waals surface area contributed by atoms with E-state index in [1.807, 2.05) is 10.1 Å². The normalized spacial score (nSPS) is 10.2. The van der Waals surface area contributed by atoms with Gasteiger partial charge in [-0.2, -0.15) is 5.10 Å². The van der Waals surface area contributed by atoms with Gasteiger partial charge in [0.1, 0.15) is 0 Å². The summed E-state index contributed by atoms with van der Waals surface area (Å²) in [6, 6.07) is -0.101. The highest BCUT2D eigenvalue weighted by Crippen LogP contribution is 1.83. The molecule has 1 aromatic rings. The number of H-pyrrole nitrogens is 2. The Balaban J connectivity index is 3.03. The molecule has 7 nitrogen and oxygen atoms in total. The van der Waals surface area contributed by atoms with E-state index in [9.17, 15) is 14.4 Å². The molecule has 0 radical (unpaired) electrons. The molecule has 0 unspecified atom stereocenters. The van der Waals surface area contributed by atoms with Gasteiger partial charge in [-0.1, -0.05) is 0 Å². The minimum Gasteiger partial charge on any atom is -0.348 e. The Hall–Kier alpha value is -1.92. The lowest BCUT2D eigenvalue weighted by Gasteiger charge is -2.05. The van der Waals surface area contributed by atoms with Crippen LogP contribution >= 0.6 is 0 Å². The van der Waals surface area contributed by atoms with Crippen molar-refractivity contribution < 1.29 is 4.79 Å². The predicted molar refractivity (Wildman–Crippen MR) is 48.1 cm³/mol. The molecule has 1 aromatic heterocycles. The fourth-order valence-corrected chi connectivity index (χ4v) is 0.832. The molecule has 0 atom stereocenters. The summed E-state index contributed by atoms with van der Waals surface area (Å²) in [6.07, 6.45) is 0. The number of aromatic amines is 2. The van der Waals surface area contributed by atoms with E-state index in [4.69, 9.17) is 0 Å². The second-order valence-corrected chi connectivity index (χ2v) is 2.98. The first-order chi connectivity index (χ1) is 6.50. The molecule has 0 fully saturated rings. The van der Waals surface area contributed by atoms with Gasteiger partial charge in [0.2, 0.25) is 5.69 Å². The second kappa shape index (κ2) is 3.86. The summed E-state index contributed by atoms with van der Waals surface area (Å²) < 4.78 is 0. The van der Waals surface area contributed by atoms with E-state index >= 15 is 0 Å². The average Bonchev–Trinajstić information content (AvgIpc) is 2.01. The first-order valence-corrected chi connectivity index (χ1v) is 4.00. The molecule has 0 spiro atoms. The lowest BCUT2D eigenvalue weighted by Crippen LogP contribution is -2.38. The van der Waals surface area contributed by atoms with Crippen molar-refractivity contribution in [3.63, 3.8) is 0 Å². The van der Waals surface area contributed by atoms with Gasteiger partial charge in [0.15, 0.2) is 0 Å². The average molecular weight is 198 g/mol. The van der Waals surface area contributed by atoms with E-state index < -0.39 is 17.2 Å². The summed E-state index contributed by atoms with van der Waals surface area (Å²) in [7, 11) is 0. The number of hydrogen-bond acceptors (Lipinski definition) is 4. The molecular weight excluding hydrogens is 188 g/mol. The Morgan fingerprint density at radius 3 is 2.57 bits per heavy atom. The van der Waals surface area contributed by atoms with Crippen molar-refractivity contribution in [2.24, 2.45) is 0 Å². The molecule has 0 bridgehead atoms. The summed E-state index contributed by atoms with van der Waals surface area (Å²) >= 11 is 0. The van der Waals surface area contributed by atoms with Crippen LogP contribution in [0.5, 0.6) is 0 Å². The van der Waals surface area contributed by atoms with Crippen molar-refractivity contribution in [3.05, 3.63) is 26.5 Å². The van der Waals surface area contributed by atoms with Crippen molar-refractivity contribution in [2.45, 2.75) is 19.9 Å². The van der Waals surface area contributed by atoms with E-state index in [1.165, 1.54) is 0 Å². The van der Waals surface area contributed by atoms with Crippen LogP contribution in [-0.2, 0) is 0 Å². The number of rotatable bonds is 2. The van der Waals surface area contributed by atoms with Crippen molar-refractivity contribution in [3.8, 4) is 0 Å². The molecule has 0 aromatic carbocycles. The first-order valence-electron chi connectivity index (χ1n) is 4.00. The standard InChI is InChI=1S/C7H10N4O3/c1-3(2)8-5(12)4-6(13)9-7(14)11-10-4/h3H,1-2H3,(H,8,12)(H2,9,11,13,14). The Kier molecular flexibility index (Phi) is 2.80. The topological polar surface area (TPSA) is 108 Å². The van der Waals surface area contributed by atoms with Crippen LogP contribution in [0, 0.1) is 0 Å². The highest BCUT2D eigenvalue weighted by molar-refractivity contribution is 5.91. The van der Waals surface area contributed by atoms with Crippen LogP contribution in [-0.4, -0.2) is 27.1 Å². The number of aromatic nitrogens is 3. The number of nitrogens with zero attached hydrogens (tertiary/aromatic N) is 1. The Bertz CT molecular complexity index is 445. The molecule has 0 saturated heterocycles. The molecule has 7 heteroatoms. The Morgan fingerprint density at radius 1 is 1.43 bits per heavy atom. The maximum absolute atomic E-state index is 11.3. The molecule has 0 aliphatic heterocycles. The van der Waals surface area contributed by atoms with Crippen molar-refractivity contribution >= 4 is 5.91 Å². The first kappa shape index (κ1) is 10.2. The highest BCUT2D eigenvalue weighted by Gasteiger charge is 2.13. The highest BCUT2D eigenvalue weighted by atomic mass is 16.2. The van der Waals surface area contributed by atoms with Crippen LogP contribution in [0.3, 0.4) is 0 Å². The van der Waals surface area contributed by atoms with Gasteiger partial charge in [0.25, 0.3) is 11.5 Å². The van der Waals surface area contributed by atoms with Gasteiger partial charge < -0.3 is 5.32 Å². The SMILES string of the molecule is CC(C)NC(=O)c1n[nH]c(=O)[nH]c1=O. The summed E-state index contributed by atoms with van der Waals surface area (Å²) in [4.78, 5) is 34.8. The summed E-state index contributed by atoms with van der Waals surface area (Å²) in [5.41, 5.74) is -1.89. The van der Waals surface area contributed by atoms with Gasteiger partial charge >= 0.3 is 5.69 Å². The van der Waals surface area contributed by atoms with Crippen LogP contribution in [0.25, 0.3) is 0 Å². The van der Waals surface area contributed by atoms with Crippen molar-refractivity contribution in [1.29, 1.82) is 0 Å². The number of hydrogen-bond donors (Lipinski definition) is 3. The van der Waals surface area contributed by atoms with Gasteiger partial charge in [0.05, 0.1) is 0 Å². The molecule has 0 saturated carbocycles. The van der Waals surface area contributed by atoms with Crippen molar-refractivity contribution in [1.82, 2.24) is 20.5 Å². The minimum atomic E-state index is -0.799. The van der Waals surface area contributed by atoms with Gasteiger partial charge in [-0.25, -0.2) is 9.89 Å². The molecule has 1 rings (SSSR count). The number of amides is 1. The minimum absolute atomic E-state index is 0.101. The van der Waals surface area contributed by atoms with E-state index in [0.29, 0.717) is 0 Å². The Labute approximate surface area is 78.6 Å². The van der Waals surface area contributed by atoms with E-state index in [-0.39, 0.29) is 11.7 Å². The molecule has 76 valence electrons. The largest absolute Gasteiger partial charge is 0.348 e. The third-order valence-corrected chi connectivity index (χ3v) is 1.35. The van der Waals surface area contributed by atoms with Gasteiger partial charge in [0, 0.05) is 6.04 Å². The van der Waals surface area contributed by atoms with E-state index in [0.717, 1.165) is 0 Å². The monoisotopic (exact) mass is 198 g/mol. The summed E-state index contributed by atoms with van der Waals surface area (Å²) in [6.45, 7) is 3.50. The molecular formula is C7H10N4O3. The number of carbonyl (C=O) groups excluding carboxylic acids is 1. The zero-order chi connectivity index (χ0) is 10.7. The third-order valence-electron chi connectivity index (χ3n) is 1.35. The lowest BCUT2D eigenvalue weighted by atomic mass is 10.3. The zero-order valence-electron chi connectivity index (χ0n) is 7.75. The van der Waals surface area contributed by atoms with Crippen LogP contribution in [0.1, 0.15) is 24.3 Å². The fourth-order valence-electron chi connectivity index (χ4n) is 0.832. The van der Waals surface area contributed by atoms with Gasteiger partial charge in [-0.05, 0) is 13.8 Å². The summed E-state index contributed by atoms with van der Waals surface area (Å²) in [5.74, 6) is -0.613. The molecule has 14 heavy (non-hydrogen) atoms. The van der Waals surface area contributed by atoms with Gasteiger partial charge in [-0.15, -0.1) is 0 Å². The van der Waals surface area contributed by atoms with Crippen LogP contribution in [0.2, 0.25) is 0 Å². The maximum Gasteiger partial charge on any atom is 0.342 e. The lowest BCUT2D eigenvalue weighted by molar-refractivity contribution is 0.0935. The molecule has 0 aliphatic rings. The van der Waals surface area contributed by atoms with Crippen LogP contribution in [0.4, 0.5) is 0 Å². The molecule has 3 N–H and O–H groups in total. The van der Waals surface area contributed by atoms with Gasteiger partial charge in [-0.3, -0.25) is 14.6 Å². The number of carbonyl (C=O) groups is 1. The third kappa shape index (κ3) is 2.28. The van der Waals surface area contributed by atoms with Crippen molar-refractivity contribution in [2.75, 3.05) is 0 Å². The van der Waals surface area contributed by atoms with Crippen LogP contribution < -0.4 is 16.6 Å². The second-order valence-electron chi connectivity index (χ2n) is 2.98. The quantitative estimate of drug-likeness (QED) is 0.542. The molecule has 1 amide bonds. The smallest absolute Gasteiger partial charge is 0.342 e. The van der Waals surface area contributed by atoms with E-state index in [2.05, 4.69) is 10.4 Å².